The number of nitrogens with zero attached hydrogens (tertiary/aromatic N) is 3. The molecule has 2 amide bonds. The summed E-state index contributed by atoms with van der Waals surface area (Å²) < 4.78 is 14.1. The SMILES string of the molecule is O=C1NCCN(Cc2ccccc2F)[C@@H]1CC(=O)N1CCN(c2ccc(Cl)cc2)CC1. The third kappa shape index (κ3) is 5.17. The Morgan fingerprint density at radius 1 is 1.03 bits per heavy atom. The van der Waals surface area contributed by atoms with Gasteiger partial charge in [0.05, 0.1) is 12.5 Å². The maximum Gasteiger partial charge on any atom is 0.237 e. The van der Waals surface area contributed by atoms with Crippen molar-refractivity contribution in [1.82, 2.24) is 15.1 Å². The van der Waals surface area contributed by atoms with Crippen LogP contribution in [0.2, 0.25) is 5.02 Å². The van der Waals surface area contributed by atoms with Gasteiger partial charge >= 0.3 is 0 Å². The predicted molar refractivity (Wildman–Crippen MR) is 118 cm³/mol. The van der Waals surface area contributed by atoms with E-state index in [1.54, 1.807) is 18.2 Å². The molecule has 4 rings (SSSR count). The van der Waals surface area contributed by atoms with E-state index in [2.05, 4.69) is 10.2 Å². The molecule has 2 heterocycles. The summed E-state index contributed by atoms with van der Waals surface area (Å²) in [6, 6.07) is 13.7. The molecule has 0 radical (unpaired) electrons. The van der Waals surface area contributed by atoms with Gasteiger partial charge in [0.2, 0.25) is 11.8 Å². The maximum atomic E-state index is 14.1. The van der Waals surface area contributed by atoms with Crippen LogP contribution in [0.15, 0.2) is 48.5 Å². The minimum Gasteiger partial charge on any atom is -0.368 e. The number of hydrogen-bond acceptors (Lipinski definition) is 4. The Hall–Kier alpha value is -2.64. The lowest BCUT2D eigenvalue weighted by Crippen LogP contribution is -2.57. The molecule has 0 aromatic heterocycles. The molecule has 0 unspecified atom stereocenters. The summed E-state index contributed by atoms with van der Waals surface area (Å²) in [6.07, 6.45) is 0.0984. The molecular weight excluding hydrogens is 419 g/mol. The van der Waals surface area contributed by atoms with Gasteiger partial charge in [-0.25, -0.2) is 4.39 Å². The van der Waals surface area contributed by atoms with Crippen LogP contribution in [0.3, 0.4) is 0 Å². The number of benzene rings is 2. The van der Waals surface area contributed by atoms with Gasteiger partial charge in [0, 0.05) is 62.1 Å². The van der Waals surface area contributed by atoms with Gasteiger partial charge in [0.15, 0.2) is 0 Å². The van der Waals surface area contributed by atoms with Crippen LogP contribution in [-0.4, -0.2) is 66.9 Å². The molecule has 31 heavy (non-hydrogen) atoms. The van der Waals surface area contributed by atoms with Crippen LogP contribution >= 0.6 is 11.6 Å². The highest BCUT2D eigenvalue weighted by Crippen LogP contribution is 2.21. The van der Waals surface area contributed by atoms with Crippen molar-refractivity contribution in [2.75, 3.05) is 44.2 Å². The van der Waals surface area contributed by atoms with E-state index in [0.29, 0.717) is 43.3 Å². The third-order valence-corrected chi connectivity index (χ3v) is 6.22. The summed E-state index contributed by atoms with van der Waals surface area (Å²) in [6.45, 7) is 4.04. The number of rotatable bonds is 5. The van der Waals surface area contributed by atoms with E-state index in [1.165, 1.54) is 6.07 Å². The van der Waals surface area contributed by atoms with E-state index >= 15 is 0 Å². The molecule has 2 aliphatic heterocycles. The minimum absolute atomic E-state index is 0.0451. The molecule has 0 saturated carbocycles. The van der Waals surface area contributed by atoms with Gasteiger partial charge in [-0.3, -0.25) is 14.5 Å². The monoisotopic (exact) mass is 444 g/mol. The standard InChI is InChI=1S/C23H26ClFN4O2/c24-18-5-7-19(8-6-18)27-11-13-28(14-12-27)22(30)15-21-23(31)26-9-10-29(21)16-17-3-1-2-4-20(17)25/h1-8,21H,9-16H2,(H,26,31)/t21-/m1/s1. The normalized spacial score (nSPS) is 19.9. The summed E-state index contributed by atoms with van der Waals surface area (Å²) in [4.78, 5) is 31.4. The predicted octanol–water partition coefficient (Wildman–Crippen LogP) is 2.52. The zero-order chi connectivity index (χ0) is 21.8. The van der Waals surface area contributed by atoms with Gasteiger partial charge in [-0.2, -0.15) is 0 Å². The fraction of sp³-hybridized carbons (Fsp3) is 0.391. The molecule has 8 heteroatoms. The van der Waals surface area contributed by atoms with Crippen LogP contribution in [0.4, 0.5) is 10.1 Å². The average Bonchev–Trinajstić information content (AvgIpc) is 2.78. The quantitative estimate of drug-likeness (QED) is 0.770. The number of nitrogens with one attached hydrogen (secondary N) is 1. The van der Waals surface area contributed by atoms with Crippen molar-refractivity contribution < 1.29 is 14.0 Å². The smallest absolute Gasteiger partial charge is 0.237 e. The summed E-state index contributed by atoms with van der Waals surface area (Å²) in [7, 11) is 0. The molecule has 1 N–H and O–H groups in total. The minimum atomic E-state index is -0.588. The lowest BCUT2D eigenvalue weighted by Gasteiger charge is -2.39. The van der Waals surface area contributed by atoms with Gasteiger partial charge in [-0.1, -0.05) is 29.8 Å². The number of amides is 2. The van der Waals surface area contributed by atoms with Crippen molar-refractivity contribution in [3.8, 4) is 0 Å². The maximum absolute atomic E-state index is 14.1. The zero-order valence-electron chi connectivity index (χ0n) is 17.3. The fourth-order valence-electron chi connectivity index (χ4n) is 4.18. The molecule has 2 saturated heterocycles. The number of hydrogen-bond donors (Lipinski definition) is 1. The van der Waals surface area contributed by atoms with Crippen molar-refractivity contribution >= 4 is 29.1 Å². The van der Waals surface area contributed by atoms with Crippen LogP contribution in [0.1, 0.15) is 12.0 Å². The van der Waals surface area contributed by atoms with Crippen molar-refractivity contribution in [3.63, 3.8) is 0 Å². The Morgan fingerprint density at radius 3 is 2.45 bits per heavy atom. The lowest BCUT2D eigenvalue weighted by molar-refractivity contribution is -0.139. The van der Waals surface area contributed by atoms with E-state index in [9.17, 15) is 14.0 Å². The van der Waals surface area contributed by atoms with Gasteiger partial charge < -0.3 is 15.1 Å². The van der Waals surface area contributed by atoms with Crippen LogP contribution in [0, 0.1) is 5.82 Å². The van der Waals surface area contributed by atoms with Crippen LogP contribution in [0.25, 0.3) is 0 Å². The fourth-order valence-corrected chi connectivity index (χ4v) is 4.31. The molecule has 164 valence electrons. The first-order valence-corrected chi connectivity index (χ1v) is 10.9. The Bertz CT molecular complexity index is 931. The number of carbonyl (C=O) groups is 2. The summed E-state index contributed by atoms with van der Waals surface area (Å²) in [5.74, 6) is -0.510. The highest BCUT2D eigenvalue weighted by molar-refractivity contribution is 6.30. The largest absolute Gasteiger partial charge is 0.368 e. The van der Waals surface area contributed by atoms with Crippen molar-refractivity contribution in [2.45, 2.75) is 19.0 Å². The van der Waals surface area contributed by atoms with Crippen LogP contribution < -0.4 is 10.2 Å². The highest BCUT2D eigenvalue weighted by atomic mass is 35.5. The van der Waals surface area contributed by atoms with Crippen LogP contribution in [0.5, 0.6) is 0 Å². The van der Waals surface area contributed by atoms with Gasteiger partial charge in [0.1, 0.15) is 5.82 Å². The molecule has 1 atom stereocenters. The molecule has 0 bridgehead atoms. The van der Waals surface area contributed by atoms with Gasteiger partial charge in [-0.05, 0) is 30.3 Å². The zero-order valence-corrected chi connectivity index (χ0v) is 18.0. The summed E-state index contributed by atoms with van der Waals surface area (Å²) in [5, 5.41) is 3.54. The first-order valence-electron chi connectivity index (χ1n) is 10.5. The van der Waals surface area contributed by atoms with Crippen molar-refractivity contribution in [1.29, 1.82) is 0 Å². The average molecular weight is 445 g/mol. The Balaban J connectivity index is 1.36. The molecule has 2 aromatic carbocycles. The summed E-state index contributed by atoms with van der Waals surface area (Å²) >= 11 is 5.96. The number of piperazine rings is 2. The van der Waals surface area contributed by atoms with E-state index < -0.39 is 6.04 Å². The van der Waals surface area contributed by atoms with E-state index in [4.69, 9.17) is 11.6 Å². The third-order valence-electron chi connectivity index (χ3n) is 5.97. The topological polar surface area (TPSA) is 55.9 Å². The van der Waals surface area contributed by atoms with E-state index in [-0.39, 0.29) is 24.1 Å². The molecule has 2 aliphatic rings. The van der Waals surface area contributed by atoms with E-state index in [0.717, 1.165) is 18.8 Å². The second kappa shape index (κ2) is 9.66. The molecule has 0 aliphatic carbocycles. The van der Waals surface area contributed by atoms with Crippen molar-refractivity contribution in [3.05, 3.63) is 64.9 Å². The van der Waals surface area contributed by atoms with Gasteiger partial charge in [-0.15, -0.1) is 0 Å². The second-order valence-corrected chi connectivity index (χ2v) is 8.35. The summed E-state index contributed by atoms with van der Waals surface area (Å²) in [5.41, 5.74) is 1.62. The number of carbonyl (C=O) groups excluding carboxylic acids is 2. The second-order valence-electron chi connectivity index (χ2n) is 7.92. The number of anilines is 1. The molecule has 6 nitrogen and oxygen atoms in total. The molecule has 2 fully saturated rings. The first-order chi connectivity index (χ1) is 15.0. The molecule has 2 aromatic rings. The highest BCUT2D eigenvalue weighted by Gasteiger charge is 2.34. The molecule has 0 spiro atoms. The first kappa shape index (κ1) is 21.6. The Labute approximate surface area is 186 Å². The molecular formula is C23H26ClFN4O2. The Kier molecular flexibility index (Phi) is 6.73. The van der Waals surface area contributed by atoms with Gasteiger partial charge in [0.25, 0.3) is 0 Å². The Morgan fingerprint density at radius 2 is 1.74 bits per heavy atom. The number of halogens is 2. The van der Waals surface area contributed by atoms with E-state index in [1.807, 2.05) is 34.1 Å². The van der Waals surface area contributed by atoms with Crippen molar-refractivity contribution in [2.24, 2.45) is 0 Å². The lowest BCUT2D eigenvalue weighted by atomic mass is 10.1. The van der Waals surface area contributed by atoms with Crippen LogP contribution in [-0.2, 0) is 16.1 Å².